The van der Waals surface area contributed by atoms with Gasteiger partial charge in [-0.25, -0.2) is 4.98 Å². The first-order chi connectivity index (χ1) is 14.5. The van der Waals surface area contributed by atoms with Crippen LogP contribution in [0.15, 0.2) is 61.1 Å². The molecule has 4 aromatic rings. The van der Waals surface area contributed by atoms with E-state index in [0.29, 0.717) is 22.3 Å². The molecule has 148 valence electrons. The SMILES string of the molecule is O=C(O)CC1C(=O)C(=O)N(c2ccc3nc[nH]c3c2)C1c1cccc2cccnc12. The second-order valence-corrected chi connectivity index (χ2v) is 7.21. The van der Waals surface area contributed by atoms with Gasteiger partial charge in [0.2, 0.25) is 5.78 Å². The van der Waals surface area contributed by atoms with E-state index < -0.39 is 36.0 Å². The van der Waals surface area contributed by atoms with Gasteiger partial charge >= 0.3 is 5.97 Å². The van der Waals surface area contributed by atoms with Crippen LogP contribution < -0.4 is 4.90 Å². The highest BCUT2D eigenvalue weighted by Crippen LogP contribution is 2.43. The predicted molar refractivity (Wildman–Crippen MR) is 109 cm³/mol. The summed E-state index contributed by atoms with van der Waals surface area (Å²) in [7, 11) is 0. The summed E-state index contributed by atoms with van der Waals surface area (Å²) in [6.07, 6.45) is 2.74. The molecule has 1 fully saturated rings. The summed E-state index contributed by atoms with van der Waals surface area (Å²) in [6.45, 7) is 0. The van der Waals surface area contributed by atoms with Gasteiger partial charge in [-0.1, -0.05) is 24.3 Å². The number of hydrogen-bond donors (Lipinski definition) is 2. The van der Waals surface area contributed by atoms with E-state index in [1.807, 2.05) is 18.2 Å². The molecule has 8 nitrogen and oxygen atoms in total. The molecule has 0 spiro atoms. The number of carbonyl (C=O) groups excluding carboxylic acids is 2. The van der Waals surface area contributed by atoms with Gasteiger partial charge in [0, 0.05) is 22.8 Å². The number of pyridine rings is 1. The first-order valence-electron chi connectivity index (χ1n) is 9.40. The topological polar surface area (TPSA) is 116 Å². The van der Waals surface area contributed by atoms with E-state index in [1.54, 1.807) is 42.9 Å². The number of para-hydroxylation sites is 1. The number of carboxylic acids is 1. The number of ketones is 1. The maximum atomic E-state index is 13.0. The van der Waals surface area contributed by atoms with Gasteiger partial charge in [-0.15, -0.1) is 0 Å². The third-order valence-electron chi connectivity index (χ3n) is 5.48. The van der Waals surface area contributed by atoms with Gasteiger partial charge in [0.15, 0.2) is 0 Å². The number of imidazole rings is 1. The van der Waals surface area contributed by atoms with Crippen molar-refractivity contribution in [2.45, 2.75) is 12.5 Å². The van der Waals surface area contributed by atoms with E-state index in [1.165, 1.54) is 4.90 Å². The van der Waals surface area contributed by atoms with Crippen molar-refractivity contribution in [3.63, 3.8) is 0 Å². The number of Topliss-reactive ketones (excluding diaryl/α,β-unsaturated/α-hetero) is 1. The summed E-state index contributed by atoms with van der Waals surface area (Å²) in [5, 5.41) is 10.3. The van der Waals surface area contributed by atoms with Gasteiger partial charge in [-0.2, -0.15) is 0 Å². The molecular weight excluding hydrogens is 384 g/mol. The Labute approximate surface area is 170 Å². The first-order valence-corrected chi connectivity index (χ1v) is 9.40. The summed E-state index contributed by atoms with van der Waals surface area (Å²) in [5.74, 6) is -3.58. The maximum Gasteiger partial charge on any atom is 0.304 e. The lowest BCUT2D eigenvalue weighted by Crippen LogP contribution is -2.30. The molecule has 2 aromatic heterocycles. The number of nitrogens with zero attached hydrogens (tertiary/aromatic N) is 3. The number of anilines is 1. The van der Waals surface area contributed by atoms with Crippen LogP contribution in [0.4, 0.5) is 5.69 Å². The fourth-order valence-corrected chi connectivity index (χ4v) is 4.19. The van der Waals surface area contributed by atoms with Gasteiger partial charge < -0.3 is 10.1 Å². The molecule has 2 unspecified atom stereocenters. The third kappa shape index (κ3) is 2.73. The Bertz CT molecular complexity index is 1320. The van der Waals surface area contributed by atoms with Crippen LogP contribution >= 0.6 is 0 Å². The van der Waals surface area contributed by atoms with Crippen molar-refractivity contribution in [1.82, 2.24) is 15.0 Å². The highest BCUT2D eigenvalue weighted by atomic mass is 16.4. The van der Waals surface area contributed by atoms with E-state index in [4.69, 9.17) is 0 Å². The molecule has 8 heteroatoms. The Morgan fingerprint density at radius 2 is 1.93 bits per heavy atom. The monoisotopic (exact) mass is 400 g/mol. The summed E-state index contributed by atoms with van der Waals surface area (Å²) in [6, 6.07) is 13.6. The van der Waals surface area contributed by atoms with E-state index in [-0.39, 0.29) is 0 Å². The summed E-state index contributed by atoms with van der Waals surface area (Å²) in [5.41, 5.74) is 3.21. The highest BCUT2D eigenvalue weighted by molar-refractivity contribution is 6.45. The number of amides is 1. The number of fused-ring (bicyclic) bond motifs is 2. The van der Waals surface area contributed by atoms with Gasteiger partial charge in [0.1, 0.15) is 0 Å². The molecule has 30 heavy (non-hydrogen) atoms. The number of aromatic nitrogens is 3. The van der Waals surface area contributed by atoms with E-state index in [2.05, 4.69) is 15.0 Å². The minimum Gasteiger partial charge on any atom is -0.481 e. The van der Waals surface area contributed by atoms with Crippen molar-refractivity contribution in [2.24, 2.45) is 5.92 Å². The molecule has 1 amide bonds. The van der Waals surface area contributed by atoms with Crippen molar-refractivity contribution >= 4 is 45.3 Å². The summed E-state index contributed by atoms with van der Waals surface area (Å²) < 4.78 is 0. The first kappa shape index (κ1) is 18.0. The Balaban J connectivity index is 1.73. The Morgan fingerprint density at radius 3 is 2.77 bits per heavy atom. The smallest absolute Gasteiger partial charge is 0.304 e. The van der Waals surface area contributed by atoms with Crippen LogP contribution in [-0.4, -0.2) is 37.7 Å². The standard InChI is InChI=1S/C22H16N4O4/c27-18(28)10-15-20(14-5-1-3-12-4-2-8-23-19(12)14)26(22(30)21(15)29)13-6-7-16-17(9-13)25-11-24-16/h1-9,11,15,20H,10H2,(H,24,25)(H,27,28). The number of rotatable bonds is 4. The fraction of sp³-hybridized carbons (Fsp3) is 0.136. The Morgan fingerprint density at radius 1 is 1.10 bits per heavy atom. The number of benzene rings is 2. The quantitative estimate of drug-likeness (QED) is 0.509. The molecular formula is C22H16N4O4. The molecule has 0 saturated carbocycles. The molecule has 2 atom stereocenters. The van der Waals surface area contributed by atoms with Crippen LogP contribution in [0.25, 0.3) is 21.9 Å². The van der Waals surface area contributed by atoms with E-state index >= 15 is 0 Å². The number of carboxylic acid groups (broad SMARTS) is 1. The van der Waals surface area contributed by atoms with E-state index in [0.717, 1.165) is 10.9 Å². The second kappa shape index (κ2) is 6.77. The van der Waals surface area contributed by atoms with Gasteiger partial charge in [-0.3, -0.25) is 24.3 Å². The van der Waals surface area contributed by atoms with Crippen LogP contribution in [0.2, 0.25) is 0 Å². The Kier molecular flexibility index (Phi) is 4.06. The van der Waals surface area contributed by atoms with Crippen molar-refractivity contribution in [3.8, 4) is 0 Å². The zero-order valence-electron chi connectivity index (χ0n) is 15.6. The number of carbonyl (C=O) groups is 3. The molecule has 1 saturated heterocycles. The molecule has 0 radical (unpaired) electrons. The lowest BCUT2D eigenvalue weighted by Gasteiger charge is -2.28. The van der Waals surface area contributed by atoms with Crippen LogP contribution in [0.3, 0.4) is 0 Å². The molecule has 2 N–H and O–H groups in total. The minimum atomic E-state index is -1.13. The van der Waals surface area contributed by atoms with Gasteiger partial charge in [-0.05, 0) is 24.3 Å². The number of nitrogens with one attached hydrogen (secondary N) is 1. The van der Waals surface area contributed by atoms with Crippen LogP contribution in [0.5, 0.6) is 0 Å². The largest absolute Gasteiger partial charge is 0.481 e. The van der Waals surface area contributed by atoms with Gasteiger partial charge in [0.05, 0.1) is 41.3 Å². The average molecular weight is 400 g/mol. The number of H-pyrrole nitrogens is 1. The highest BCUT2D eigenvalue weighted by Gasteiger charge is 2.50. The van der Waals surface area contributed by atoms with Crippen molar-refractivity contribution in [1.29, 1.82) is 0 Å². The van der Waals surface area contributed by atoms with Crippen LogP contribution in [0, 0.1) is 5.92 Å². The minimum absolute atomic E-state index is 0.443. The number of aromatic amines is 1. The lowest BCUT2D eigenvalue weighted by atomic mass is 9.89. The molecule has 0 bridgehead atoms. The van der Waals surface area contributed by atoms with Crippen LogP contribution in [0.1, 0.15) is 18.0 Å². The molecule has 2 aromatic carbocycles. The van der Waals surface area contributed by atoms with Gasteiger partial charge in [0.25, 0.3) is 5.91 Å². The Hall–Kier alpha value is -4.07. The zero-order chi connectivity index (χ0) is 20.8. The maximum absolute atomic E-state index is 13.0. The molecule has 1 aliphatic heterocycles. The summed E-state index contributed by atoms with van der Waals surface area (Å²) >= 11 is 0. The fourth-order valence-electron chi connectivity index (χ4n) is 4.19. The number of hydrogen-bond acceptors (Lipinski definition) is 5. The van der Waals surface area contributed by atoms with Crippen LogP contribution in [-0.2, 0) is 14.4 Å². The molecule has 5 rings (SSSR count). The molecule has 3 heterocycles. The summed E-state index contributed by atoms with van der Waals surface area (Å²) in [4.78, 5) is 50.4. The molecule has 0 aliphatic carbocycles. The number of aliphatic carboxylic acids is 1. The molecule has 1 aliphatic rings. The average Bonchev–Trinajstić information content (AvgIpc) is 3.31. The third-order valence-corrected chi connectivity index (χ3v) is 5.48. The van der Waals surface area contributed by atoms with E-state index in [9.17, 15) is 19.5 Å². The zero-order valence-corrected chi connectivity index (χ0v) is 15.6. The second-order valence-electron chi connectivity index (χ2n) is 7.21. The predicted octanol–water partition coefficient (Wildman–Crippen LogP) is 2.86. The van der Waals surface area contributed by atoms with Crippen molar-refractivity contribution < 1.29 is 19.5 Å². The van der Waals surface area contributed by atoms with Crippen molar-refractivity contribution in [2.75, 3.05) is 4.90 Å². The van der Waals surface area contributed by atoms with Crippen molar-refractivity contribution in [3.05, 3.63) is 66.6 Å². The lowest BCUT2D eigenvalue weighted by molar-refractivity contribution is -0.141. The normalized spacial score (nSPS) is 19.1.